The predicted octanol–water partition coefficient (Wildman–Crippen LogP) is 5.32. The van der Waals surface area contributed by atoms with Crippen LogP contribution in [0.15, 0.2) is 48.5 Å². The second-order valence-electron chi connectivity index (χ2n) is 8.67. The lowest BCUT2D eigenvalue weighted by atomic mass is 9.77. The number of amides is 2. The molecule has 6 heteroatoms. The number of carbonyl (C=O) groups excluding carboxylic acids is 2. The zero-order valence-electron chi connectivity index (χ0n) is 20.2. The zero-order chi connectivity index (χ0) is 23.7. The first-order valence-electron chi connectivity index (χ1n) is 12.2. The van der Waals surface area contributed by atoms with E-state index >= 15 is 0 Å². The van der Waals surface area contributed by atoms with Crippen LogP contribution in [0.1, 0.15) is 57.6 Å². The number of alkyl carbamates (subject to hydrolysis) is 1. The summed E-state index contributed by atoms with van der Waals surface area (Å²) in [5.41, 5.74) is 3.10. The fraction of sp³-hybridized carbons (Fsp3) is 0.481. The summed E-state index contributed by atoms with van der Waals surface area (Å²) < 4.78 is 5.39. The van der Waals surface area contributed by atoms with Crippen molar-refractivity contribution in [2.45, 2.75) is 64.8 Å². The van der Waals surface area contributed by atoms with Gasteiger partial charge in [-0.25, -0.2) is 4.79 Å². The van der Waals surface area contributed by atoms with Crippen LogP contribution < -0.4 is 15.5 Å². The Bertz CT molecular complexity index is 924. The van der Waals surface area contributed by atoms with Crippen LogP contribution >= 0.6 is 0 Å². The molecule has 0 bridgehead atoms. The van der Waals surface area contributed by atoms with Crippen molar-refractivity contribution in [2.75, 3.05) is 29.9 Å². The Hall–Kier alpha value is -3.02. The molecular weight excluding hydrogens is 414 g/mol. The molecule has 1 unspecified atom stereocenters. The molecule has 2 aromatic carbocycles. The van der Waals surface area contributed by atoms with Gasteiger partial charge in [-0.15, -0.1) is 0 Å². The van der Waals surface area contributed by atoms with E-state index in [2.05, 4.69) is 42.4 Å². The number of ether oxygens (including phenoxy) is 1. The summed E-state index contributed by atoms with van der Waals surface area (Å²) in [6.07, 6.45) is 4.05. The lowest BCUT2D eigenvalue weighted by Gasteiger charge is -2.37. The molecule has 0 saturated carbocycles. The second kappa shape index (κ2) is 11.7. The minimum absolute atomic E-state index is 0.210. The van der Waals surface area contributed by atoms with Gasteiger partial charge < -0.3 is 20.3 Å². The molecule has 0 aromatic heterocycles. The maximum atomic E-state index is 13.6. The van der Waals surface area contributed by atoms with E-state index in [-0.39, 0.29) is 5.91 Å². The molecule has 0 heterocycles. The third kappa shape index (κ3) is 6.28. The number of rotatable bonds is 10. The lowest BCUT2D eigenvalue weighted by Crippen LogP contribution is -2.60. The third-order valence-electron chi connectivity index (χ3n) is 6.44. The zero-order valence-corrected chi connectivity index (χ0v) is 20.2. The Morgan fingerprint density at radius 2 is 1.67 bits per heavy atom. The first kappa shape index (κ1) is 24.6. The molecule has 3 rings (SSSR count). The fourth-order valence-electron chi connectivity index (χ4n) is 4.44. The predicted molar refractivity (Wildman–Crippen MR) is 134 cm³/mol. The minimum Gasteiger partial charge on any atom is -0.450 e. The van der Waals surface area contributed by atoms with E-state index < -0.39 is 11.6 Å². The molecule has 178 valence electrons. The number of benzene rings is 2. The molecule has 1 aliphatic rings. The van der Waals surface area contributed by atoms with E-state index in [4.69, 9.17) is 4.74 Å². The standard InChI is InChI=1S/C27H37N3O3/c1-4-7-10-19-33-26(32)29-27(18-17-21-11-8-9-12-22(21)20-27)25(31)28-23-13-15-24(16-14-23)30(5-2)6-3/h8-9,11-16H,4-7,10,17-20H2,1-3H3,(H,28,31)(H,29,32). The van der Waals surface area contributed by atoms with Gasteiger partial charge in [0.15, 0.2) is 0 Å². The van der Waals surface area contributed by atoms with Gasteiger partial charge in [0, 0.05) is 30.9 Å². The molecule has 0 saturated heterocycles. The molecular formula is C27H37N3O3. The van der Waals surface area contributed by atoms with Crippen molar-refractivity contribution in [3.05, 3.63) is 59.7 Å². The number of nitrogens with one attached hydrogen (secondary N) is 2. The number of aryl methyl sites for hydroxylation is 1. The van der Waals surface area contributed by atoms with Gasteiger partial charge in [-0.05, 0) is 68.5 Å². The molecule has 0 aliphatic heterocycles. The number of unbranched alkanes of at least 4 members (excludes halogenated alkanes) is 2. The van der Waals surface area contributed by atoms with Crippen molar-refractivity contribution in [1.29, 1.82) is 0 Å². The number of nitrogens with zero attached hydrogens (tertiary/aromatic N) is 1. The van der Waals surface area contributed by atoms with Crippen LogP contribution in [0.25, 0.3) is 0 Å². The molecule has 2 aromatic rings. The topological polar surface area (TPSA) is 70.7 Å². The fourth-order valence-corrected chi connectivity index (χ4v) is 4.44. The highest BCUT2D eigenvalue weighted by molar-refractivity contribution is 6.00. The van der Waals surface area contributed by atoms with E-state index in [1.165, 1.54) is 5.56 Å². The average molecular weight is 452 g/mol. The van der Waals surface area contributed by atoms with Gasteiger partial charge in [0.25, 0.3) is 5.91 Å². The van der Waals surface area contributed by atoms with Crippen LogP contribution in [0, 0.1) is 0 Å². The first-order valence-corrected chi connectivity index (χ1v) is 12.2. The molecule has 2 N–H and O–H groups in total. The summed E-state index contributed by atoms with van der Waals surface area (Å²) >= 11 is 0. The van der Waals surface area contributed by atoms with E-state index in [1.54, 1.807) is 0 Å². The highest BCUT2D eigenvalue weighted by Crippen LogP contribution is 2.30. The second-order valence-corrected chi connectivity index (χ2v) is 8.67. The third-order valence-corrected chi connectivity index (χ3v) is 6.44. The molecule has 0 radical (unpaired) electrons. The van der Waals surface area contributed by atoms with Gasteiger partial charge in [0.2, 0.25) is 0 Å². The highest BCUT2D eigenvalue weighted by atomic mass is 16.5. The van der Waals surface area contributed by atoms with E-state index in [9.17, 15) is 9.59 Å². The Labute approximate surface area is 197 Å². The minimum atomic E-state index is -1.05. The Balaban J connectivity index is 1.76. The summed E-state index contributed by atoms with van der Waals surface area (Å²) in [7, 11) is 0. The quantitative estimate of drug-likeness (QED) is 0.480. The molecule has 6 nitrogen and oxygen atoms in total. The van der Waals surface area contributed by atoms with Gasteiger partial charge in [0.05, 0.1) is 6.61 Å². The Morgan fingerprint density at radius 3 is 2.33 bits per heavy atom. The smallest absolute Gasteiger partial charge is 0.408 e. The monoisotopic (exact) mass is 451 g/mol. The Morgan fingerprint density at radius 1 is 0.970 bits per heavy atom. The number of fused-ring (bicyclic) bond motifs is 1. The van der Waals surface area contributed by atoms with Crippen molar-refractivity contribution < 1.29 is 14.3 Å². The maximum Gasteiger partial charge on any atom is 0.408 e. The number of carbonyl (C=O) groups is 2. The summed E-state index contributed by atoms with van der Waals surface area (Å²) in [6, 6.07) is 16.0. The summed E-state index contributed by atoms with van der Waals surface area (Å²) in [4.78, 5) is 28.4. The molecule has 1 atom stereocenters. The summed E-state index contributed by atoms with van der Waals surface area (Å²) in [5, 5.41) is 5.98. The van der Waals surface area contributed by atoms with Crippen molar-refractivity contribution in [3.8, 4) is 0 Å². The van der Waals surface area contributed by atoms with E-state index in [0.29, 0.717) is 25.1 Å². The van der Waals surface area contributed by atoms with Gasteiger partial charge in [-0.3, -0.25) is 4.79 Å². The van der Waals surface area contributed by atoms with Crippen molar-refractivity contribution in [1.82, 2.24) is 5.32 Å². The van der Waals surface area contributed by atoms with Gasteiger partial charge in [-0.2, -0.15) is 0 Å². The number of hydrogen-bond donors (Lipinski definition) is 2. The molecule has 33 heavy (non-hydrogen) atoms. The van der Waals surface area contributed by atoms with Crippen molar-refractivity contribution in [2.24, 2.45) is 0 Å². The van der Waals surface area contributed by atoms with E-state index in [1.807, 2.05) is 42.5 Å². The van der Waals surface area contributed by atoms with Crippen molar-refractivity contribution in [3.63, 3.8) is 0 Å². The van der Waals surface area contributed by atoms with Crippen LogP contribution in [0.5, 0.6) is 0 Å². The maximum absolute atomic E-state index is 13.6. The van der Waals surface area contributed by atoms with Crippen LogP contribution in [0.4, 0.5) is 16.2 Å². The summed E-state index contributed by atoms with van der Waals surface area (Å²) in [6.45, 7) is 8.56. The number of hydrogen-bond acceptors (Lipinski definition) is 4. The van der Waals surface area contributed by atoms with Crippen LogP contribution in [0.2, 0.25) is 0 Å². The van der Waals surface area contributed by atoms with Gasteiger partial charge in [0.1, 0.15) is 5.54 Å². The van der Waals surface area contributed by atoms with Crippen LogP contribution in [-0.4, -0.2) is 37.2 Å². The SMILES string of the molecule is CCCCCOC(=O)NC1(C(=O)Nc2ccc(N(CC)CC)cc2)CCc2ccccc2C1. The Kier molecular flexibility index (Phi) is 8.75. The first-order chi connectivity index (χ1) is 16.0. The molecule has 0 fully saturated rings. The van der Waals surface area contributed by atoms with E-state index in [0.717, 1.165) is 50.0 Å². The molecule has 2 amide bonds. The summed E-state index contributed by atoms with van der Waals surface area (Å²) in [5.74, 6) is -0.210. The molecule has 0 spiro atoms. The lowest BCUT2D eigenvalue weighted by molar-refractivity contribution is -0.122. The largest absolute Gasteiger partial charge is 0.450 e. The highest BCUT2D eigenvalue weighted by Gasteiger charge is 2.43. The van der Waals surface area contributed by atoms with Gasteiger partial charge in [-0.1, -0.05) is 44.0 Å². The number of anilines is 2. The average Bonchev–Trinajstić information content (AvgIpc) is 2.83. The van der Waals surface area contributed by atoms with Crippen LogP contribution in [0.3, 0.4) is 0 Å². The molecule has 1 aliphatic carbocycles. The van der Waals surface area contributed by atoms with Crippen LogP contribution in [-0.2, 0) is 22.4 Å². The van der Waals surface area contributed by atoms with Gasteiger partial charge >= 0.3 is 6.09 Å². The van der Waals surface area contributed by atoms with Crippen molar-refractivity contribution >= 4 is 23.4 Å². The normalized spacial score (nSPS) is 17.1.